The van der Waals surface area contributed by atoms with Crippen LogP contribution in [0.25, 0.3) is 0 Å². The molecule has 0 spiro atoms. The molecule has 1 amide bonds. The molecule has 4 nitrogen and oxygen atoms in total. The van der Waals surface area contributed by atoms with Crippen LogP contribution in [0.4, 0.5) is 0 Å². The zero-order chi connectivity index (χ0) is 14.0. The van der Waals surface area contributed by atoms with E-state index in [1.54, 1.807) is 0 Å². The summed E-state index contributed by atoms with van der Waals surface area (Å²) in [5, 5.41) is 3.12. The van der Waals surface area contributed by atoms with Gasteiger partial charge in [-0.2, -0.15) is 0 Å². The van der Waals surface area contributed by atoms with E-state index in [4.69, 9.17) is 18.0 Å². The van der Waals surface area contributed by atoms with Crippen LogP contribution in [0.15, 0.2) is 0 Å². The van der Waals surface area contributed by atoms with E-state index in [-0.39, 0.29) is 11.3 Å². The second-order valence-electron chi connectivity index (χ2n) is 6.56. The molecule has 0 aliphatic carbocycles. The predicted octanol–water partition coefficient (Wildman–Crippen LogP) is 1.29. The molecule has 3 N–H and O–H groups in total. The number of nitrogens with two attached hydrogens (primary N) is 1. The third-order valence-corrected chi connectivity index (χ3v) is 5.18. The number of nitrogens with one attached hydrogen (secondary N) is 1. The van der Waals surface area contributed by atoms with Crippen LogP contribution >= 0.6 is 12.2 Å². The molecule has 2 unspecified atom stereocenters. The third kappa shape index (κ3) is 3.66. The normalized spacial score (nSPS) is 28.6. The van der Waals surface area contributed by atoms with Crippen molar-refractivity contribution >= 4 is 23.1 Å². The fraction of sp³-hybridized carbons (Fsp3) is 0.857. The molecule has 2 aliphatic rings. The second-order valence-corrected chi connectivity index (χ2v) is 7.00. The van der Waals surface area contributed by atoms with Crippen molar-refractivity contribution < 1.29 is 4.79 Å². The number of nitrogens with zero attached hydrogens (tertiary/aromatic N) is 1. The summed E-state index contributed by atoms with van der Waals surface area (Å²) in [6.07, 6.45) is 3.80. The highest BCUT2D eigenvalue weighted by atomic mass is 32.1. The van der Waals surface area contributed by atoms with E-state index in [1.165, 1.54) is 0 Å². The number of amides is 1. The van der Waals surface area contributed by atoms with E-state index < -0.39 is 0 Å². The van der Waals surface area contributed by atoms with Gasteiger partial charge in [-0.15, -0.1) is 0 Å². The van der Waals surface area contributed by atoms with Gasteiger partial charge in [-0.25, -0.2) is 0 Å². The minimum absolute atomic E-state index is 0.0625. The van der Waals surface area contributed by atoms with E-state index in [0.717, 1.165) is 38.9 Å². The van der Waals surface area contributed by atoms with Crippen molar-refractivity contribution in [2.75, 3.05) is 19.6 Å². The van der Waals surface area contributed by atoms with E-state index >= 15 is 0 Å². The highest BCUT2D eigenvalue weighted by Crippen LogP contribution is 2.27. The van der Waals surface area contributed by atoms with Gasteiger partial charge < -0.3 is 16.0 Å². The maximum Gasteiger partial charge on any atom is 0.220 e. The monoisotopic (exact) mass is 283 g/mol. The van der Waals surface area contributed by atoms with Gasteiger partial charge in [-0.3, -0.25) is 4.79 Å². The Labute approximate surface area is 121 Å². The Hall–Kier alpha value is -0.680. The maximum atomic E-state index is 11.4. The quantitative estimate of drug-likeness (QED) is 0.763. The van der Waals surface area contributed by atoms with Crippen LogP contribution in [0.3, 0.4) is 0 Å². The van der Waals surface area contributed by atoms with Crippen LogP contribution in [0.2, 0.25) is 0 Å². The molecule has 108 valence electrons. The minimum atomic E-state index is -0.0625. The van der Waals surface area contributed by atoms with E-state index in [1.807, 2.05) is 0 Å². The highest BCUT2D eigenvalue weighted by Gasteiger charge is 2.34. The molecule has 0 aromatic rings. The lowest BCUT2D eigenvalue weighted by molar-refractivity contribution is -0.125. The number of hydrogen-bond donors (Lipinski definition) is 2. The summed E-state index contributed by atoms with van der Waals surface area (Å²) < 4.78 is 0. The second kappa shape index (κ2) is 5.75. The molecule has 2 aliphatic heterocycles. The first-order chi connectivity index (χ1) is 8.88. The number of fused-ring (bicyclic) bond motifs is 1. The van der Waals surface area contributed by atoms with Crippen molar-refractivity contribution in [1.29, 1.82) is 0 Å². The lowest BCUT2D eigenvalue weighted by Gasteiger charge is -2.42. The first kappa shape index (κ1) is 14.7. The summed E-state index contributed by atoms with van der Waals surface area (Å²) in [5.41, 5.74) is 5.71. The molecule has 2 fully saturated rings. The van der Waals surface area contributed by atoms with Crippen LogP contribution in [-0.2, 0) is 4.79 Å². The molecule has 0 radical (unpaired) electrons. The molecule has 19 heavy (non-hydrogen) atoms. The molecule has 2 heterocycles. The Bertz CT molecular complexity index is 370. The van der Waals surface area contributed by atoms with Crippen LogP contribution < -0.4 is 11.1 Å². The number of rotatable bonds is 4. The predicted molar refractivity (Wildman–Crippen MR) is 80.9 cm³/mol. The smallest absolute Gasteiger partial charge is 0.220 e. The van der Waals surface area contributed by atoms with E-state index in [2.05, 4.69) is 24.1 Å². The van der Waals surface area contributed by atoms with Crippen molar-refractivity contribution in [3.05, 3.63) is 0 Å². The summed E-state index contributed by atoms with van der Waals surface area (Å²) in [5.74, 6) is 0.851. The molecule has 2 rings (SSSR count). The Morgan fingerprint density at radius 2 is 2.26 bits per heavy atom. The lowest BCUT2D eigenvalue weighted by Crippen LogP contribution is -2.54. The van der Waals surface area contributed by atoms with Crippen molar-refractivity contribution in [2.24, 2.45) is 17.1 Å². The van der Waals surface area contributed by atoms with Gasteiger partial charge in [0.25, 0.3) is 0 Å². The molecule has 0 aromatic heterocycles. The highest BCUT2D eigenvalue weighted by molar-refractivity contribution is 7.80. The molecular formula is C14H25N3OS. The van der Waals surface area contributed by atoms with Gasteiger partial charge in [0.05, 0.1) is 4.99 Å². The Morgan fingerprint density at radius 3 is 2.95 bits per heavy atom. The Morgan fingerprint density at radius 1 is 1.53 bits per heavy atom. The zero-order valence-electron chi connectivity index (χ0n) is 11.9. The number of carbonyl (C=O) groups excluding carboxylic acids is 1. The fourth-order valence-electron chi connectivity index (χ4n) is 2.95. The van der Waals surface area contributed by atoms with Crippen LogP contribution in [0.1, 0.15) is 39.5 Å². The molecule has 2 saturated heterocycles. The Balaban J connectivity index is 1.82. The molecule has 2 atom stereocenters. The number of thiocarbonyl (C=S) groups is 1. The van der Waals surface area contributed by atoms with Crippen LogP contribution in [0.5, 0.6) is 0 Å². The van der Waals surface area contributed by atoms with Gasteiger partial charge in [-0.1, -0.05) is 26.1 Å². The SMILES string of the molecule is CC(C)(CCN1CCC2NC(=O)CCC2C1)C(N)=S. The maximum absolute atomic E-state index is 11.4. The van der Waals surface area contributed by atoms with Gasteiger partial charge in [0.2, 0.25) is 5.91 Å². The number of hydrogen-bond acceptors (Lipinski definition) is 3. The molecule has 0 aromatic carbocycles. The average molecular weight is 283 g/mol. The summed E-state index contributed by atoms with van der Waals surface area (Å²) >= 11 is 5.12. The first-order valence-electron chi connectivity index (χ1n) is 7.20. The van der Waals surface area contributed by atoms with Gasteiger partial charge >= 0.3 is 0 Å². The molecular weight excluding hydrogens is 258 g/mol. The fourth-order valence-corrected chi connectivity index (χ4v) is 3.05. The van der Waals surface area contributed by atoms with Crippen molar-refractivity contribution in [1.82, 2.24) is 10.2 Å². The average Bonchev–Trinajstić information content (AvgIpc) is 2.36. The Kier molecular flexibility index (Phi) is 4.46. The van der Waals surface area contributed by atoms with Crippen LogP contribution in [0, 0.1) is 11.3 Å². The van der Waals surface area contributed by atoms with Crippen molar-refractivity contribution in [2.45, 2.75) is 45.6 Å². The molecule has 0 saturated carbocycles. The summed E-state index contributed by atoms with van der Waals surface area (Å²) in [6.45, 7) is 7.43. The first-order valence-corrected chi connectivity index (χ1v) is 7.61. The topological polar surface area (TPSA) is 58.4 Å². The van der Waals surface area contributed by atoms with Gasteiger partial charge in [-0.05, 0) is 31.7 Å². The standard InChI is InChI=1S/C14H25N3OS/c1-14(2,13(15)19)6-8-17-7-5-11-10(9-17)3-4-12(18)16-11/h10-11H,3-9H2,1-2H3,(H2,15,19)(H,16,18). The van der Waals surface area contributed by atoms with Crippen molar-refractivity contribution in [3.8, 4) is 0 Å². The van der Waals surface area contributed by atoms with E-state index in [0.29, 0.717) is 23.4 Å². The van der Waals surface area contributed by atoms with E-state index in [9.17, 15) is 4.79 Å². The van der Waals surface area contributed by atoms with Crippen LogP contribution in [-0.4, -0.2) is 41.5 Å². The van der Waals surface area contributed by atoms with Crippen molar-refractivity contribution in [3.63, 3.8) is 0 Å². The van der Waals surface area contributed by atoms with Gasteiger partial charge in [0.15, 0.2) is 0 Å². The third-order valence-electron chi connectivity index (χ3n) is 4.63. The lowest BCUT2D eigenvalue weighted by atomic mass is 9.84. The summed E-state index contributed by atoms with van der Waals surface area (Å²) in [4.78, 5) is 14.5. The molecule has 5 heteroatoms. The summed E-state index contributed by atoms with van der Waals surface area (Å²) in [7, 11) is 0. The largest absolute Gasteiger partial charge is 0.393 e. The summed E-state index contributed by atoms with van der Waals surface area (Å²) in [6, 6.07) is 0.404. The molecule has 0 bridgehead atoms. The number of piperidine rings is 2. The van der Waals surface area contributed by atoms with Gasteiger partial charge in [0, 0.05) is 31.0 Å². The minimum Gasteiger partial charge on any atom is -0.393 e. The number of carbonyl (C=O) groups is 1. The van der Waals surface area contributed by atoms with Gasteiger partial charge in [0.1, 0.15) is 0 Å². The number of likely N-dealkylation sites (tertiary alicyclic amines) is 1. The zero-order valence-corrected chi connectivity index (χ0v) is 12.8.